The summed E-state index contributed by atoms with van der Waals surface area (Å²) < 4.78 is 6.30. The summed E-state index contributed by atoms with van der Waals surface area (Å²) in [6, 6.07) is 0. The van der Waals surface area contributed by atoms with Gasteiger partial charge in [-0.25, -0.2) is 0 Å². The maximum atomic E-state index is 6.30. The largest absolute Gasteiger partial charge is 0.370 e. The molecule has 1 heterocycles. The molecule has 1 saturated heterocycles. The van der Waals surface area contributed by atoms with Crippen molar-refractivity contribution in [1.82, 2.24) is 0 Å². The SMILES string of the molecule is CC(C)(C)C1CCC2(CCCC(CN)O2)CC1. The van der Waals surface area contributed by atoms with Crippen LogP contribution in [0.25, 0.3) is 0 Å². The summed E-state index contributed by atoms with van der Waals surface area (Å²) >= 11 is 0. The van der Waals surface area contributed by atoms with E-state index in [2.05, 4.69) is 20.8 Å². The lowest BCUT2D eigenvalue weighted by Crippen LogP contribution is -2.46. The second-order valence-electron chi connectivity index (χ2n) is 7.19. The molecule has 17 heavy (non-hydrogen) atoms. The highest BCUT2D eigenvalue weighted by atomic mass is 16.5. The van der Waals surface area contributed by atoms with Crippen molar-refractivity contribution < 1.29 is 4.74 Å². The molecule has 2 heteroatoms. The number of ether oxygens (including phenoxy) is 1. The van der Waals surface area contributed by atoms with Crippen molar-refractivity contribution in [3.63, 3.8) is 0 Å². The predicted octanol–water partition coefficient (Wildman–Crippen LogP) is 3.49. The van der Waals surface area contributed by atoms with Gasteiger partial charge in [0.05, 0.1) is 11.7 Å². The van der Waals surface area contributed by atoms with Gasteiger partial charge in [-0.2, -0.15) is 0 Å². The average molecular weight is 239 g/mol. The third-order valence-corrected chi connectivity index (χ3v) is 4.96. The fourth-order valence-corrected chi connectivity index (χ4v) is 3.67. The normalized spacial score (nSPS) is 39.5. The molecule has 0 amide bonds. The van der Waals surface area contributed by atoms with Crippen LogP contribution < -0.4 is 5.73 Å². The molecule has 1 aliphatic heterocycles. The summed E-state index contributed by atoms with van der Waals surface area (Å²) in [5, 5.41) is 0. The zero-order valence-electron chi connectivity index (χ0n) is 11.8. The van der Waals surface area contributed by atoms with E-state index in [-0.39, 0.29) is 5.60 Å². The van der Waals surface area contributed by atoms with Crippen LogP contribution in [-0.4, -0.2) is 18.2 Å². The van der Waals surface area contributed by atoms with E-state index >= 15 is 0 Å². The fraction of sp³-hybridized carbons (Fsp3) is 1.00. The van der Waals surface area contributed by atoms with Gasteiger partial charge in [0.1, 0.15) is 0 Å². The molecule has 1 atom stereocenters. The number of hydrogen-bond acceptors (Lipinski definition) is 2. The van der Waals surface area contributed by atoms with Gasteiger partial charge in [0.25, 0.3) is 0 Å². The summed E-state index contributed by atoms with van der Waals surface area (Å²) in [5.41, 5.74) is 6.43. The topological polar surface area (TPSA) is 35.2 Å². The first-order valence-corrected chi connectivity index (χ1v) is 7.33. The molecule has 0 aromatic heterocycles. The second-order valence-corrected chi connectivity index (χ2v) is 7.19. The van der Waals surface area contributed by atoms with Crippen LogP contribution in [0.1, 0.15) is 65.7 Å². The van der Waals surface area contributed by atoms with Gasteiger partial charge < -0.3 is 10.5 Å². The predicted molar refractivity (Wildman–Crippen MR) is 71.9 cm³/mol. The maximum absolute atomic E-state index is 6.30. The molecule has 1 aliphatic carbocycles. The van der Waals surface area contributed by atoms with Gasteiger partial charge in [-0.05, 0) is 56.3 Å². The van der Waals surface area contributed by atoms with Gasteiger partial charge in [-0.1, -0.05) is 20.8 Å². The molecule has 1 unspecified atom stereocenters. The highest BCUT2D eigenvalue weighted by molar-refractivity contribution is 4.93. The molecule has 2 N–H and O–H groups in total. The Morgan fingerprint density at radius 3 is 2.29 bits per heavy atom. The monoisotopic (exact) mass is 239 g/mol. The highest BCUT2D eigenvalue weighted by Gasteiger charge is 2.42. The molecule has 0 aromatic rings. The molecule has 1 spiro atoms. The Kier molecular flexibility index (Phi) is 3.84. The standard InChI is InChI=1S/C15H29NO/c1-14(2,3)12-6-9-15(10-7-12)8-4-5-13(11-16)17-15/h12-13H,4-11,16H2,1-3H3. The minimum Gasteiger partial charge on any atom is -0.370 e. The van der Waals surface area contributed by atoms with Crippen LogP contribution in [0.15, 0.2) is 0 Å². The van der Waals surface area contributed by atoms with Crippen LogP contribution in [0.2, 0.25) is 0 Å². The summed E-state index contributed by atoms with van der Waals surface area (Å²) in [7, 11) is 0. The van der Waals surface area contributed by atoms with Gasteiger partial charge in [-0.3, -0.25) is 0 Å². The molecule has 2 nitrogen and oxygen atoms in total. The first-order valence-electron chi connectivity index (χ1n) is 7.33. The van der Waals surface area contributed by atoms with Crippen molar-refractivity contribution in [2.45, 2.75) is 77.4 Å². The Bertz CT molecular complexity index is 248. The average Bonchev–Trinajstić information content (AvgIpc) is 2.28. The van der Waals surface area contributed by atoms with Gasteiger partial charge in [-0.15, -0.1) is 0 Å². The molecular formula is C15H29NO. The number of hydrogen-bond donors (Lipinski definition) is 1. The van der Waals surface area contributed by atoms with Crippen molar-refractivity contribution in [3.8, 4) is 0 Å². The first kappa shape index (κ1) is 13.4. The third-order valence-electron chi connectivity index (χ3n) is 4.96. The van der Waals surface area contributed by atoms with E-state index in [1.807, 2.05) is 0 Å². The summed E-state index contributed by atoms with van der Waals surface area (Å²) in [6.07, 6.45) is 9.25. The fourth-order valence-electron chi connectivity index (χ4n) is 3.67. The van der Waals surface area contributed by atoms with E-state index in [0.29, 0.717) is 18.1 Å². The van der Waals surface area contributed by atoms with E-state index in [4.69, 9.17) is 10.5 Å². The Morgan fingerprint density at radius 2 is 1.76 bits per heavy atom. The highest BCUT2D eigenvalue weighted by Crippen LogP contribution is 2.46. The quantitative estimate of drug-likeness (QED) is 0.760. The van der Waals surface area contributed by atoms with Crippen molar-refractivity contribution in [3.05, 3.63) is 0 Å². The number of rotatable bonds is 1. The van der Waals surface area contributed by atoms with Gasteiger partial charge in [0.15, 0.2) is 0 Å². The molecule has 1 saturated carbocycles. The Labute approximate surface area is 106 Å². The van der Waals surface area contributed by atoms with Crippen molar-refractivity contribution >= 4 is 0 Å². The summed E-state index contributed by atoms with van der Waals surface area (Å²) in [6.45, 7) is 7.82. The smallest absolute Gasteiger partial charge is 0.0704 e. The second kappa shape index (κ2) is 4.89. The molecule has 2 aliphatic rings. The van der Waals surface area contributed by atoms with Gasteiger partial charge in [0.2, 0.25) is 0 Å². The first-order chi connectivity index (χ1) is 7.95. The van der Waals surface area contributed by atoms with Crippen LogP contribution in [0.4, 0.5) is 0 Å². The molecule has 0 bridgehead atoms. The molecule has 0 aromatic carbocycles. The van der Waals surface area contributed by atoms with Crippen LogP contribution in [0, 0.1) is 11.3 Å². The van der Waals surface area contributed by atoms with E-state index in [1.165, 1.54) is 44.9 Å². The summed E-state index contributed by atoms with van der Waals surface area (Å²) in [5.74, 6) is 0.870. The van der Waals surface area contributed by atoms with E-state index < -0.39 is 0 Å². The van der Waals surface area contributed by atoms with Crippen molar-refractivity contribution in [2.75, 3.05) is 6.54 Å². The maximum Gasteiger partial charge on any atom is 0.0704 e. The molecular weight excluding hydrogens is 210 g/mol. The minimum atomic E-state index is 0.198. The van der Waals surface area contributed by atoms with E-state index in [0.717, 1.165) is 5.92 Å². The molecule has 2 fully saturated rings. The Morgan fingerprint density at radius 1 is 1.12 bits per heavy atom. The Balaban J connectivity index is 1.93. The zero-order chi connectivity index (χ0) is 12.5. The van der Waals surface area contributed by atoms with Crippen molar-refractivity contribution in [1.29, 1.82) is 0 Å². The van der Waals surface area contributed by atoms with Crippen LogP contribution in [0.5, 0.6) is 0 Å². The van der Waals surface area contributed by atoms with Gasteiger partial charge >= 0.3 is 0 Å². The molecule has 100 valence electrons. The van der Waals surface area contributed by atoms with E-state index in [9.17, 15) is 0 Å². The lowest BCUT2D eigenvalue weighted by atomic mass is 9.67. The minimum absolute atomic E-state index is 0.198. The molecule has 2 rings (SSSR count). The lowest BCUT2D eigenvalue weighted by Gasteiger charge is -2.47. The van der Waals surface area contributed by atoms with Crippen LogP contribution >= 0.6 is 0 Å². The van der Waals surface area contributed by atoms with Gasteiger partial charge in [0, 0.05) is 6.54 Å². The summed E-state index contributed by atoms with van der Waals surface area (Å²) in [4.78, 5) is 0. The lowest BCUT2D eigenvalue weighted by molar-refractivity contribution is -0.151. The van der Waals surface area contributed by atoms with Crippen molar-refractivity contribution in [2.24, 2.45) is 17.1 Å². The third kappa shape index (κ3) is 3.03. The van der Waals surface area contributed by atoms with E-state index in [1.54, 1.807) is 0 Å². The Hall–Kier alpha value is -0.0800. The number of nitrogens with two attached hydrogens (primary N) is 1. The van der Waals surface area contributed by atoms with Crippen LogP contribution in [0.3, 0.4) is 0 Å². The zero-order valence-corrected chi connectivity index (χ0v) is 11.8. The van der Waals surface area contributed by atoms with Crippen LogP contribution in [-0.2, 0) is 4.74 Å². The molecule has 0 radical (unpaired) electrons.